The van der Waals surface area contributed by atoms with Gasteiger partial charge in [-0.05, 0) is 29.9 Å². The molecule has 1 aliphatic rings. The smallest absolute Gasteiger partial charge is 0.0792 e. The van der Waals surface area contributed by atoms with Crippen LogP contribution in [-0.2, 0) is 6.42 Å². The molecule has 1 heteroatoms. The van der Waals surface area contributed by atoms with Crippen molar-refractivity contribution in [2.75, 3.05) is 0 Å². The number of hydrogen-bond acceptors (Lipinski definition) is 1. The summed E-state index contributed by atoms with van der Waals surface area (Å²) in [6, 6.07) is 8.49. The molecule has 1 aromatic rings. The zero-order valence-corrected chi connectivity index (χ0v) is 10.2. The van der Waals surface area contributed by atoms with Crippen LogP contribution in [0, 0.1) is 5.92 Å². The molecule has 1 unspecified atom stereocenters. The van der Waals surface area contributed by atoms with Crippen molar-refractivity contribution < 1.29 is 5.11 Å². The van der Waals surface area contributed by atoms with E-state index in [1.807, 2.05) is 0 Å². The zero-order chi connectivity index (χ0) is 11.4. The first-order valence-corrected chi connectivity index (χ1v) is 6.56. The molecule has 0 amide bonds. The van der Waals surface area contributed by atoms with Gasteiger partial charge in [-0.25, -0.2) is 0 Å². The molecule has 1 fully saturated rings. The van der Waals surface area contributed by atoms with Crippen LogP contribution in [-0.4, -0.2) is 5.11 Å². The Bertz CT molecular complexity index is 311. The number of benzene rings is 1. The van der Waals surface area contributed by atoms with Gasteiger partial charge in [-0.3, -0.25) is 0 Å². The third-order valence-corrected chi connectivity index (χ3v) is 3.68. The highest BCUT2D eigenvalue weighted by molar-refractivity contribution is 5.24. The summed E-state index contributed by atoms with van der Waals surface area (Å²) in [5.74, 6) is 0.769. The molecule has 1 aromatic carbocycles. The average Bonchev–Trinajstić information content (AvgIpc) is 2.25. The molecular formula is C15H22O. The van der Waals surface area contributed by atoms with Crippen LogP contribution in [0.5, 0.6) is 0 Å². The van der Waals surface area contributed by atoms with Crippen LogP contribution in [0.4, 0.5) is 0 Å². The van der Waals surface area contributed by atoms with E-state index >= 15 is 0 Å². The molecular weight excluding hydrogens is 196 g/mol. The highest BCUT2D eigenvalue weighted by atomic mass is 16.3. The van der Waals surface area contributed by atoms with Gasteiger partial charge >= 0.3 is 0 Å². The Morgan fingerprint density at radius 2 is 1.94 bits per heavy atom. The second-order valence-corrected chi connectivity index (χ2v) is 5.04. The molecule has 0 spiro atoms. The van der Waals surface area contributed by atoms with E-state index in [0.717, 1.165) is 24.3 Å². The summed E-state index contributed by atoms with van der Waals surface area (Å²) >= 11 is 0. The molecule has 0 aliphatic heterocycles. The van der Waals surface area contributed by atoms with Crippen LogP contribution < -0.4 is 0 Å². The van der Waals surface area contributed by atoms with Gasteiger partial charge in [0.25, 0.3) is 0 Å². The lowest BCUT2D eigenvalue weighted by atomic mass is 9.80. The fraction of sp³-hybridized carbons (Fsp3) is 0.600. The third-order valence-electron chi connectivity index (χ3n) is 3.68. The second-order valence-electron chi connectivity index (χ2n) is 5.04. The highest BCUT2D eigenvalue weighted by Crippen LogP contribution is 2.34. The quantitative estimate of drug-likeness (QED) is 0.795. The van der Waals surface area contributed by atoms with E-state index in [9.17, 15) is 5.11 Å². The van der Waals surface area contributed by atoms with E-state index in [-0.39, 0.29) is 6.10 Å². The molecule has 1 N–H and O–H groups in total. The van der Waals surface area contributed by atoms with Crippen molar-refractivity contribution >= 4 is 0 Å². The van der Waals surface area contributed by atoms with E-state index in [2.05, 4.69) is 31.2 Å². The van der Waals surface area contributed by atoms with E-state index < -0.39 is 0 Å². The fourth-order valence-electron chi connectivity index (χ4n) is 2.38. The Morgan fingerprint density at radius 3 is 2.44 bits per heavy atom. The Kier molecular flexibility index (Phi) is 4.00. The third kappa shape index (κ3) is 2.85. The number of aryl methyl sites for hydroxylation is 1. The first kappa shape index (κ1) is 11.7. The first-order valence-electron chi connectivity index (χ1n) is 6.56. The Labute approximate surface area is 98.5 Å². The molecule has 1 aliphatic carbocycles. The van der Waals surface area contributed by atoms with Gasteiger partial charge < -0.3 is 5.11 Å². The number of hydrogen-bond donors (Lipinski definition) is 1. The van der Waals surface area contributed by atoms with Crippen molar-refractivity contribution in [3.05, 3.63) is 35.4 Å². The molecule has 88 valence electrons. The van der Waals surface area contributed by atoms with Gasteiger partial charge in [-0.1, -0.05) is 56.9 Å². The minimum Gasteiger partial charge on any atom is -0.388 e. The van der Waals surface area contributed by atoms with E-state index in [1.54, 1.807) is 0 Å². The Morgan fingerprint density at radius 1 is 1.25 bits per heavy atom. The summed E-state index contributed by atoms with van der Waals surface area (Å²) in [7, 11) is 0. The lowest BCUT2D eigenvalue weighted by Crippen LogP contribution is -2.14. The molecule has 1 atom stereocenters. The first-order chi connectivity index (χ1) is 7.79. The van der Waals surface area contributed by atoms with Gasteiger partial charge in [0.2, 0.25) is 0 Å². The summed E-state index contributed by atoms with van der Waals surface area (Å²) in [4.78, 5) is 0. The SMILES string of the molecule is CCCc1ccc(C(O)CC2CCC2)cc1. The summed E-state index contributed by atoms with van der Waals surface area (Å²) in [6.07, 6.45) is 7.00. The van der Waals surface area contributed by atoms with Crippen LogP contribution in [0.3, 0.4) is 0 Å². The lowest BCUT2D eigenvalue weighted by Gasteiger charge is -2.27. The standard InChI is InChI=1S/C15H22O/c1-2-4-12-7-9-14(10-8-12)15(16)11-13-5-3-6-13/h7-10,13,15-16H,2-6,11H2,1H3. The predicted octanol–water partition coefficient (Wildman–Crippen LogP) is 3.86. The van der Waals surface area contributed by atoms with Crippen molar-refractivity contribution in [3.8, 4) is 0 Å². The monoisotopic (exact) mass is 218 g/mol. The average molecular weight is 218 g/mol. The van der Waals surface area contributed by atoms with Gasteiger partial charge in [0.15, 0.2) is 0 Å². The second kappa shape index (κ2) is 5.49. The largest absolute Gasteiger partial charge is 0.388 e. The van der Waals surface area contributed by atoms with Gasteiger partial charge in [0.05, 0.1) is 6.10 Å². The van der Waals surface area contributed by atoms with Crippen molar-refractivity contribution in [2.45, 2.75) is 51.6 Å². The van der Waals surface area contributed by atoms with Crippen molar-refractivity contribution in [2.24, 2.45) is 5.92 Å². The minimum atomic E-state index is -0.249. The minimum absolute atomic E-state index is 0.249. The van der Waals surface area contributed by atoms with Crippen LogP contribution in [0.15, 0.2) is 24.3 Å². The van der Waals surface area contributed by atoms with Gasteiger partial charge in [0.1, 0.15) is 0 Å². The van der Waals surface area contributed by atoms with Gasteiger partial charge in [-0.15, -0.1) is 0 Å². The molecule has 16 heavy (non-hydrogen) atoms. The van der Waals surface area contributed by atoms with Gasteiger partial charge in [-0.2, -0.15) is 0 Å². The van der Waals surface area contributed by atoms with E-state index in [4.69, 9.17) is 0 Å². The van der Waals surface area contributed by atoms with Crippen LogP contribution >= 0.6 is 0 Å². The highest BCUT2D eigenvalue weighted by Gasteiger charge is 2.21. The maximum Gasteiger partial charge on any atom is 0.0792 e. The van der Waals surface area contributed by atoms with Crippen LogP contribution in [0.25, 0.3) is 0 Å². The summed E-state index contributed by atoms with van der Waals surface area (Å²) in [5, 5.41) is 10.1. The maximum atomic E-state index is 10.1. The molecule has 0 saturated heterocycles. The molecule has 0 bridgehead atoms. The normalized spacial score (nSPS) is 18.1. The summed E-state index contributed by atoms with van der Waals surface area (Å²) in [6.45, 7) is 2.19. The molecule has 1 saturated carbocycles. The van der Waals surface area contributed by atoms with Crippen LogP contribution in [0.2, 0.25) is 0 Å². The van der Waals surface area contributed by atoms with E-state index in [1.165, 1.54) is 31.2 Å². The number of rotatable bonds is 5. The molecule has 2 rings (SSSR count). The fourth-order valence-corrected chi connectivity index (χ4v) is 2.38. The van der Waals surface area contributed by atoms with Crippen molar-refractivity contribution in [1.29, 1.82) is 0 Å². The maximum absolute atomic E-state index is 10.1. The number of aliphatic hydroxyl groups is 1. The molecule has 0 radical (unpaired) electrons. The zero-order valence-electron chi connectivity index (χ0n) is 10.2. The number of aliphatic hydroxyl groups excluding tert-OH is 1. The lowest BCUT2D eigenvalue weighted by molar-refractivity contribution is 0.118. The topological polar surface area (TPSA) is 20.2 Å². The van der Waals surface area contributed by atoms with Crippen molar-refractivity contribution in [3.63, 3.8) is 0 Å². The molecule has 0 aromatic heterocycles. The van der Waals surface area contributed by atoms with Crippen molar-refractivity contribution in [1.82, 2.24) is 0 Å². The molecule has 1 nitrogen and oxygen atoms in total. The molecule has 0 heterocycles. The summed E-state index contributed by atoms with van der Waals surface area (Å²) < 4.78 is 0. The van der Waals surface area contributed by atoms with Crippen LogP contribution in [0.1, 0.15) is 56.3 Å². The predicted molar refractivity (Wildman–Crippen MR) is 67.4 cm³/mol. The Balaban J connectivity index is 1.91. The summed E-state index contributed by atoms with van der Waals surface area (Å²) in [5.41, 5.74) is 2.47. The Hall–Kier alpha value is -0.820. The van der Waals surface area contributed by atoms with E-state index in [0.29, 0.717) is 0 Å². The van der Waals surface area contributed by atoms with Gasteiger partial charge in [0, 0.05) is 0 Å².